The van der Waals surface area contributed by atoms with Gasteiger partial charge in [-0.3, -0.25) is 14.7 Å². The van der Waals surface area contributed by atoms with E-state index in [-0.39, 0.29) is 30.1 Å². The monoisotopic (exact) mass is 268 g/mol. The van der Waals surface area contributed by atoms with Crippen molar-refractivity contribution in [2.45, 2.75) is 38.3 Å². The van der Waals surface area contributed by atoms with Crippen molar-refractivity contribution in [1.82, 2.24) is 15.5 Å². The Labute approximate surface area is 110 Å². The number of carbonyl (C=O) groups is 2. The summed E-state index contributed by atoms with van der Waals surface area (Å²) < 4.78 is 14.3. The molecule has 3 N–H and O–H groups in total. The number of hydrogen-bond donors (Lipinski definition) is 3. The second kappa shape index (κ2) is 4.99. The Morgan fingerprint density at radius 1 is 1.37 bits per heavy atom. The average Bonchev–Trinajstić information content (AvgIpc) is 2.97. The molecule has 1 heterocycles. The number of rotatable bonds is 3. The first-order valence-corrected chi connectivity index (χ1v) is 6.25. The van der Waals surface area contributed by atoms with Crippen LogP contribution in [0.5, 0.6) is 0 Å². The molecular formula is C12H17FN4O2. The Balaban J connectivity index is 2.20. The standard InChI is InChI=1S/C12H17FN4O2/c1-7-8(10(18)14-2)9(17-16-7)15-11(19)12(13)5-3-4-6-12/h3-6H2,1-2H3,(H,14,18)(H2,15,16,17,19). The van der Waals surface area contributed by atoms with Gasteiger partial charge in [-0.1, -0.05) is 0 Å². The molecule has 104 valence electrons. The van der Waals surface area contributed by atoms with Crippen molar-refractivity contribution in [3.8, 4) is 0 Å². The average molecular weight is 268 g/mol. The quantitative estimate of drug-likeness (QED) is 0.772. The third-order valence-corrected chi connectivity index (χ3v) is 3.44. The van der Waals surface area contributed by atoms with Gasteiger partial charge in [-0.2, -0.15) is 5.10 Å². The largest absolute Gasteiger partial charge is 0.355 e. The van der Waals surface area contributed by atoms with Crippen molar-refractivity contribution in [3.05, 3.63) is 11.3 Å². The fourth-order valence-electron chi connectivity index (χ4n) is 2.30. The first kappa shape index (κ1) is 13.5. The summed E-state index contributed by atoms with van der Waals surface area (Å²) in [5.41, 5.74) is -1.08. The second-order valence-electron chi connectivity index (χ2n) is 4.78. The highest BCUT2D eigenvalue weighted by Gasteiger charge is 2.42. The summed E-state index contributed by atoms with van der Waals surface area (Å²) in [6, 6.07) is 0. The number of halogens is 1. The van der Waals surface area contributed by atoms with Crippen molar-refractivity contribution in [3.63, 3.8) is 0 Å². The predicted octanol–water partition coefficient (Wildman–Crippen LogP) is 1.30. The molecule has 1 saturated carbocycles. The number of alkyl halides is 1. The molecule has 1 aliphatic rings. The lowest BCUT2D eigenvalue weighted by molar-refractivity contribution is -0.127. The van der Waals surface area contributed by atoms with Gasteiger partial charge in [-0.05, 0) is 32.6 Å². The molecule has 1 fully saturated rings. The summed E-state index contributed by atoms with van der Waals surface area (Å²) in [6.45, 7) is 1.66. The number of carbonyl (C=O) groups excluding carboxylic acids is 2. The number of aryl methyl sites for hydroxylation is 1. The van der Waals surface area contributed by atoms with Gasteiger partial charge in [0, 0.05) is 12.7 Å². The maximum atomic E-state index is 14.3. The molecule has 0 unspecified atom stereocenters. The van der Waals surface area contributed by atoms with Crippen LogP contribution in [-0.2, 0) is 4.79 Å². The van der Waals surface area contributed by atoms with Crippen LogP contribution in [0.3, 0.4) is 0 Å². The van der Waals surface area contributed by atoms with E-state index < -0.39 is 11.6 Å². The Bertz CT molecular complexity index is 506. The lowest BCUT2D eigenvalue weighted by atomic mass is 10.0. The molecule has 1 aromatic rings. The Hall–Kier alpha value is -1.92. The van der Waals surface area contributed by atoms with Crippen LogP contribution in [0.4, 0.5) is 10.2 Å². The van der Waals surface area contributed by atoms with E-state index in [2.05, 4.69) is 20.8 Å². The third kappa shape index (κ3) is 2.45. The van der Waals surface area contributed by atoms with Crippen molar-refractivity contribution >= 4 is 17.6 Å². The fraction of sp³-hybridized carbons (Fsp3) is 0.583. The topological polar surface area (TPSA) is 86.9 Å². The Morgan fingerprint density at radius 3 is 2.58 bits per heavy atom. The number of amides is 2. The molecule has 0 saturated heterocycles. The van der Waals surface area contributed by atoms with E-state index in [1.54, 1.807) is 6.92 Å². The SMILES string of the molecule is CNC(=O)c1c(NC(=O)C2(F)CCCC2)n[nH]c1C. The summed E-state index contributed by atoms with van der Waals surface area (Å²) in [4.78, 5) is 23.6. The number of nitrogens with one attached hydrogen (secondary N) is 3. The normalized spacial score (nSPS) is 17.2. The molecule has 0 radical (unpaired) electrons. The number of H-pyrrole nitrogens is 1. The molecule has 0 spiro atoms. The van der Waals surface area contributed by atoms with Crippen LogP contribution in [-0.4, -0.2) is 34.7 Å². The van der Waals surface area contributed by atoms with Crippen LogP contribution in [0, 0.1) is 6.92 Å². The summed E-state index contributed by atoms with van der Waals surface area (Å²) in [7, 11) is 1.48. The lowest BCUT2D eigenvalue weighted by Gasteiger charge is -2.17. The third-order valence-electron chi connectivity index (χ3n) is 3.44. The van der Waals surface area contributed by atoms with Gasteiger partial charge in [-0.15, -0.1) is 0 Å². The number of aromatic nitrogens is 2. The molecule has 7 heteroatoms. The number of nitrogens with zero attached hydrogens (tertiary/aromatic N) is 1. The minimum absolute atomic E-state index is 0.0748. The number of anilines is 1. The summed E-state index contributed by atoms with van der Waals surface area (Å²) in [5.74, 6) is -1.02. The van der Waals surface area contributed by atoms with Crippen molar-refractivity contribution in [1.29, 1.82) is 0 Å². The Kier molecular flexibility index (Phi) is 3.55. The van der Waals surface area contributed by atoms with Gasteiger partial charge < -0.3 is 10.6 Å². The minimum Gasteiger partial charge on any atom is -0.355 e. The molecule has 0 atom stereocenters. The molecule has 0 aromatic carbocycles. The zero-order chi connectivity index (χ0) is 14.0. The molecule has 1 aliphatic carbocycles. The van der Waals surface area contributed by atoms with Gasteiger partial charge in [0.05, 0.1) is 0 Å². The van der Waals surface area contributed by atoms with Gasteiger partial charge in [-0.25, -0.2) is 4.39 Å². The fourth-order valence-corrected chi connectivity index (χ4v) is 2.30. The van der Waals surface area contributed by atoms with Crippen molar-refractivity contribution in [2.75, 3.05) is 12.4 Å². The highest BCUT2D eigenvalue weighted by atomic mass is 19.1. The summed E-state index contributed by atoms with van der Waals surface area (Å²) >= 11 is 0. The van der Waals surface area contributed by atoms with E-state index in [0.717, 1.165) is 0 Å². The Morgan fingerprint density at radius 2 is 2.00 bits per heavy atom. The van der Waals surface area contributed by atoms with Gasteiger partial charge in [0.2, 0.25) is 0 Å². The summed E-state index contributed by atoms with van der Waals surface area (Å²) in [6.07, 6.45) is 1.84. The zero-order valence-corrected chi connectivity index (χ0v) is 11.0. The van der Waals surface area contributed by atoms with Crippen LogP contribution in [0.15, 0.2) is 0 Å². The molecule has 0 bridgehead atoms. The van der Waals surface area contributed by atoms with Crippen LogP contribution in [0.1, 0.15) is 41.7 Å². The van der Waals surface area contributed by atoms with Gasteiger partial charge in [0.1, 0.15) is 5.56 Å². The van der Waals surface area contributed by atoms with Crippen molar-refractivity contribution < 1.29 is 14.0 Å². The van der Waals surface area contributed by atoms with E-state index in [9.17, 15) is 14.0 Å². The second-order valence-corrected chi connectivity index (χ2v) is 4.78. The van der Waals surface area contributed by atoms with Gasteiger partial charge in [0.15, 0.2) is 11.5 Å². The van der Waals surface area contributed by atoms with E-state index in [1.165, 1.54) is 7.05 Å². The lowest BCUT2D eigenvalue weighted by Crippen LogP contribution is -2.36. The maximum Gasteiger partial charge on any atom is 0.263 e. The van der Waals surface area contributed by atoms with Crippen molar-refractivity contribution in [2.24, 2.45) is 0 Å². The predicted molar refractivity (Wildman–Crippen MR) is 67.7 cm³/mol. The molecule has 1 aromatic heterocycles. The van der Waals surface area contributed by atoms with E-state index in [4.69, 9.17) is 0 Å². The molecule has 2 rings (SSSR count). The smallest absolute Gasteiger partial charge is 0.263 e. The molecule has 19 heavy (non-hydrogen) atoms. The highest BCUT2D eigenvalue weighted by Crippen LogP contribution is 2.34. The first-order chi connectivity index (χ1) is 8.98. The minimum atomic E-state index is -1.84. The maximum absolute atomic E-state index is 14.3. The highest BCUT2D eigenvalue weighted by molar-refractivity contribution is 6.05. The zero-order valence-electron chi connectivity index (χ0n) is 11.0. The van der Waals surface area contributed by atoms with Crippen LogP contribution >= 0.6 is 0 Å². The molecule has 2 amide bonds. The van der Waals surface area contributed by atoms with Gasteiger partial charge >= 0.3 is 0 Å². The molecular weight excluding hydrogens is 251 g/mol. The summed E-state index contributed by atoms with van der Waals surface area (Å²) in [5, 5.41) is 11.3. The number of aromatic amines is 1. The molecule has 6 nitrogen and oxygen atoms in total. The van der Waals surface area contributed by atoms with Gasteiger partial charge in [0.25, 0.3) is 11.8 Å². The van der Waals surface area contributed by atoms with Crippen LogP contribution in [0.2, 0.25) is 0 Å². The van der Waals surface area contributed by atoms with E-state index >= 15 is 0 Å². The van der Waals surface area contributed by atoms with Crippen LogP contribution in [0.25, 0.3) is 0 Å². The van der Waals surface area contributed by atoms with Crippen LogP contribution < -0.4 is 10.6 Å². The first-order valence-electron chi connectivity index (χ1n) is 6.25. The van der Waals surface area contributed by atoms with E-state index in [1.807, 2.05) is 0 Å². The molecule has 0 aliphatic heterocycles. The number of hydrogen-bond acceptors (Lipinski definition) is 3. The van der Waals surface area contributed by atoms with E-state index in [0.29, 0.717) is 18.5 Å².